The minimum absolute atomic E-state index is 0.0197. The predicted octanol–water partition coefficient (Wildman–Crippen LogP) is 3.46. The van der Waals surface area contributed by atoms with E-state index >= 15 is 0 Å². The van der Waals surface area contributed by atoms with Crippen molar-refractivity contribution in [1.29, 1.82) is 0 Å². The normalized spacial score (nSPS) is 14.0. The smallest absolute Gasteiger partial charge is 0.326 e. The second-order valence-electron chi connectivity index (χ2n) is 6.89. The quantitative estimate of drug-likeness (QED) is 0.777. The number of amides is 1. The largest absolute Gasteiger partial charge is 0.480 e. The second-order valence-corrected chi connectivity index (χ2v) is 6.89. The van der Waals surface area contributed by atoms with Crippen LogP contribution in [0.15, 0.2) is 36.4 Å². The Balaban J connectivity index is 1.71. The minimum Gasteiger partial charge on any atom is -0.480 e. The van der Waals surface area contributed by atoms with Gasteiger partial charge in [-0.3, -0.25) is 4.79 Å². The third-order valence-corrected chi connectivity index (χ3v) is 4.50. The predicted molar refractivity (Wildman–Crippen MR) is 99.7 cm³/mol. The van der Waals surface area contributed by atoms with Crippen molar-refractivity contribution in [2.75, 3.05) is 0 Å². The Morgan fingerprint density at radius 1 is 1.18 bits per heavy atom. The standard InChI is InChI=1S/C22H19F2NO3/c1-13-2-7-17(12-18(13)23)21(26)25-20(22(27)28)11-15-6-9-16(19(24)10-15)8-5-14-3-4-14/h2,6-7,9-10,12,14,20H,3-4,11H2,1H3,(H,25,26)(H,27,28)/t20-/m1/s1. The lowest BCUT2D eigenvalue weighted by Crippen LogP contribution is -2.42. The number of carboxylic acids is 1. The van der Waals surface area contributed by atoms with Crippen LogP contribution in [0.5, 0.6) is 0 Å². The van der Waals surface area contributed by atoms with Crippen LogP contribution >= 0.6 is 0 Å². The van der Waals surface area contributed by atoms with Crippen LogP contribution in [0.4, 0.5) is 8.78 Å². The summed E-state index contributed by atoms with van der Waals surface area (Å²) in [5, 5.41) is 11.8. The van der Waals surface area contributed by atoms with E-state index in [0.717, 1.165) is 18.9 Å². The molecule has 28 heavy (non-hydrogen) atoms. The van der Waals surface area contributed by atoms with Gasteiger partial charge in [-0.15, -0.1) is 0 Å². The number of aryl methyl sites for hydroxylation is 1. The lowest BCUT2D eigenvalue weighted by atomic mass is 10.0. The van der Waals surface area contributed by atoms with E-state index in [0.29, 0.717) is 17.0 Å². The van der Waals surface area contributed by atoms with Gasteiger partial charge >= 0.3 is 5.97 Å². The number of halogens is 2. The number of carbonyl (C=O) groups is 2. The Bertz CT molecular complexity index is 987. The first-order valence-electron chi connectivity index (χ1n) is 8.93. The molecule has 1 fully saturated rings. The van der Waals surface area contributed by atoms with E-state index in [1.54, 1.807) is 13.0 Å². The molecule has 2 N–H and O–H groups in total. The summed E-state index contributed by atoms with van der Waals surface area (Å²) in [6.45, 7) is 1.56. The summed E-state index contributed by atoms with van der Waals surface area (Å²) >= 11 is 0. The molecule has 1 atom stereocenters. The summed E-state index contributed by atoms with van der Waals surface area (Å²) in [6, 6.07) is 6.96. The summed E-state index contributed by atoms with van der Waals surface area (Å²) in [5.41, 5.74) is 1.08. The minimum atomic E-state index is -1.28. The Morgan fingerprint density at radius 3 is 2.54 bits per heavy atom. The number of carbonyl (C=O) groups excluding carboxylic acids is 1. The van der Waals surface area contributed by atoms with Gasteiger partial charge in [-0.2, -0.15) is 0 Å². The first-order chi connectivity index (χ1) is 13.3. The average molecular weight is 383 g/mol. The van der Waals surface area contributed by atoms with Gasteiger partial charge in [0.1, 0.15) is 17.7 Å². The zero-order valence-corrected chi connectivity index (χ0v) is 15.3. The third-order valence-electron chi connectivity index (χ3n) is 4.50. The van der Waals surface area contributed by atoms with Gasteiger partial charge in [0.15, 0.2) is 0 Å². The van der Waals surface area contributed by atoms with Crippen LogP contribution in [0.3, 0.4) is 0 Å². The van der Waals surface area contributed by atoms with Crippen molar-refractivity contribution in [3.05, 3.63) is 70.3 Å². The summed E-state index contributed by atoms with van der Waals surface area (Å²) < 4.78 is 27.8. The summed E-state index contributed by atoms with van der Waals surface area (Å²) in [7, 11) is 0. The highest BCUT2D eigenvalue weighted by atomic mass is 19.1. The van der Waals surface area contributed by atoms with Gasteiger partial charge in [0, 0.05) is 17.9 Å². The SMILES string of the molecule is Cc1ccc(C(=O)N[C@H](Cc2ccc(C#CC3CC3)c(F)c2)C(=O)O)cc1F. The van der Waals surface area contributed by atoms with Gasteiger partial charge < -0.3 is 10.4 Å². The van der Waals surface area contributed by atoms with E-state index in [-0.39, 0.29) is 17.5 Å². The van der Waals surface area contributed by atoms with E-state index in [4.69, 9.17) is 0 Å². The Labute approximate surface area is 161 Å². The molecule has 1 aliphatic rings. The first kappa shape index (κ1) is 19.6. The monoisotopic (exact) mass is 383 g/mol. The van der Waals surface area contributed by atoms with Crippen molar-refractivity contribution >= 4 is 11.9 Å². The number of hydrogen-bond donors (Lipinski definition) is 2. The van der Waals surface area contributed by atoms with Crippen LogP contribution in [0.2, 0.25) is 0 Å². The van der Waals surface area contributed by atoms with Crippen molar-refractivity contribution in [3.63, 3.8) is 0 Å². The Hall–Kier alpha value is -3.20. The molecular formula is C22H19F2NO3. The van der Waals surface area contributed by atoms with Gasteiger partial charge in [0.25, 0.3) is 5.91 Å². The van der Waals surface area contributed by atoms with Crippen LogP contribution in [0, 0.1) is 36.3 Å². The molecule has 0 unspecified atom stereocenters. The number of aliphatic carboxylic acids is 1. The maximum Gasteiger partial charge on any atom is 0.326 e. The van der Waals surface area contributed by atoms with Crippen LogP contribution in [0.25, 0.3) is 0 Å². The molecule has 1 saturated carbocycles. The molecule has 4 nitrogen and oxygen atoms in total. The molecule has 2 aromatic rings. The fourth-order valence-electron chi connectivity index (χ4n) is 2.61. The van der Waals surface area contributed by atoms with Crippen molar-refractivity contribution < 1.29 is 23.5 Å². The summed E-state index contributed by atoms with van der Waals surface area (Å²) in [6.07, 6.45) is 1.97. The van der Waals surface area contributed by atoms with E-state index in [2.05, 4.69) is 17.2 Å². The lowest BCUT2D eigenvalue weighted by molar-refractivity contribution is -0.139. The Morgan fingerprint density at radius 2 is 1.93 bits per heavy atom. The highest BCUT2D eigenvalue weighted by molar-refractivity contribution is 5.96. The molecule has 1 amide bonds. The highest BCUT2D eigenvalue weighted by Crippen LogP contribution is 2.27. The maximum atomic E-state index is 14.2. The van der Waals surface area contributed by atoms with Crippen LogP contribution in [0.1, 0.15) is 39.9 Å². The molecule has 6 heteroatoms. The molecule has 0 spiro atoms. The summed E-state index contributed by atoms with van der Waals surface area (Å²) in [5.74, 6) is 3.06. The highest BCUT2D eigenvalue weighted by Gasteiger charge is 2.22. The average Bonchev–Trinajstić information content (AvgIpc) is 3.47. The second kappa shape index (κ2) is 8.22. The maximum absolute atomic E-state index is 14.2. The number of hydrogen-bond acceptors (Lipinski definition) is 2. The van der Waals surface area contributed by atoms with E-state index in [1.807, 2.05) is 0 Å². The fraction of sp³-hybridized carbons (Fsp3) is 0.273. The molecule has 0 aliphatic heterocycles. The molecular weight excluding hydrogens is 364 g/mol. The van der Waals surface area contributed by atoms with E-state index in [1.165, 1.54) is 24.3 Å². The molecule has 1 aliphatic carbocycles. The van der Waals surface area contributed by atoms with Gasteiger partial charge in [0.2, 0.25) is 0 Å². The van der Waals surface area contributed by atoms with Crippen LogP contribution < -0.4 is 5.32 Å². The summed E-state index contributed by atoms with van der Waals surface area (Å²) in [4.78, 5) is 23.8. The molecule has 2 aromatic carbocycles. The lowest BCUT2D eigenvalue weighted by Gasteiger charge is -2.15. The van der Waals surface area contributed by atoms with Crippen molar-refractivity contribution in [3.8, 4) is 11.8 Å². The molecule has 0 heterocycles. The van der Waals surface area contributed by atoms with Crippen LogP contribution in [-0.4, -0.2) is 23.0 Å². The third kappa shape index (κ3) is 4.95. The fourth-order valence-corrected chi connectivity index (χ4v) is 2.61. The van der Waals surface area contributed by atoms with Crippen LogP contribution in [-0.2, 0) is 11.2 Å². The van der Waals surface area contributed by atoms with Gasteiger partial charge in [-0.05, 0) is 55.2 Å². The molecule has 0 bridgehead atoms. The van der Waals surface area contributed by atoms with Gasteiger partial charge in [-0.1, -0.05) is 24.0 Å². The zero-order valence-electron chi connectivity index (χ0n) is 15.3. The van der Waals surface area contributed by atoms with Gasteiger partial charge in [0.05, 0.1) is 5.56 Å². The van der Waals surface area contributed by atoms with Gasteiger partial charge in [-0.25, -0.2) is 13.6 Å². The molecule has 0 radical (unpaired) electrons. The molecule has 144 valence electrons. The number of rotatable bonds is 5. The topological polar surface area (TPSA) is 66.4 Å². The number of carboxylic acid groups (broad SMARTS) is 1. The molecule has 0 aromatic heterocycles. The number of nitrogens with one attached hydrogen (secondary N) is 1. The molecule has 0 saturated heterocycles. The Kier molecular flexibility index (Phi) is 5.74. The zero-order chi connectivity index (χ0) is 20.3. The van der Waals surface area contributed by atoms with Crippen molar-refractivity contribution in [2.45, 2.75) is 32.2 Å². The number of benzene rings is 2. The van der Waals surface area contributed by atoms with E-state index in [9.17, 15) is 23.5 Å². The van der Waals surface area contributed by atoms with Crippen molar-refractivity contribution in [2.24, 2.45) is 5.92 Å². The first-order valence-corrected chi connectivity index (χ1v) is 8.93. The molecule has 3 rings (SSSR count). The van der Waals surface area contributed by atoms with Crippen molar-refractivity contribution in [1.82, 2.24) is 5.32 Å². The van der Waals surface area contributed by atoms with E-state index < -0.39 is 29.6 Å².